The van der Waals surface area contributed by atoms with E-state index in [1.165, 1.54) is 6.07 Å². The maximum atomic E-state index is 5.93. The molecule has 0 bridgehead atoms. The van der Waals surface area contributed by atoms with E-state index in [-0.39, 0.29) is 16.1 Å². The Morgan fingerprint density at radius 2 is 2.06 bits per heavy atom. The molecule has 8 heteroatoms. The van der Waals surface area contributed by atoms with Gasteiger partial charge in [0.15, 0.2) is 11.6 Å². The zero-order valence-corrected chi connectivity index (χ0v) is 12.6. The van der Waals surface area contributed by atoms with Gasteiger partial charge in [0.25, 0.3) is 0 Å². The largest absolute Gasteiger partial charge is 0.434 e. The molecule has 1 aromatic rings. The Bertz CT molecular complexity index is 436. The van der Waals surface area contributed by atoms with Gasteiger partial charge in [-0.3, -0.25) is 5.09 Å². The van der Waals surface area contributed by atoms with Gasteiger partial charge in [-0.1, -0.05) is 41.7 Å². The first-order valence-electron chi connectivity index (χ1n) is 4.41. The summed E-state index contributed by atoms with van der Waals surface area (Å²) in [5.41, 5.74) is 0. The Balaban J connectivity index is 3.06. The summed E-state index contributed by atoms with van der Waals surface area (Å²) in [6.45, 7) is 1.93. The lowest BCUT2D eigenvalue weighted by Crippen LogP contribution is -2.11. The van der Waals surface area contributed by atoms with Gasteiger partial charge in [-0.25, -0.2) is 0 Å². The Morgan fingerprint density at radius 3 is 2.56 bits per heavy atom. The van der Waals surface area contributed by atoms with E-state index in [4.69, 9.17) is 51.1 Å². The zero-order chi connectivity index (χ0) is 12.3. The fraction of sp³-hybridized carbons (Fsp3) is 0.375. The highest BCUT2D eigenvalue weighted by molar-refractivity contribution is 8.11. The van der Waals surface area contributed by atoms with Gasteiger partial charge >= 0.3 is 0 Å². The summed E-state index contributed by atoms with van der Waals surface area (Å²) in [6, 6.07) is 1.48. The van der Waals surface area contributed by atoms with Crippen LogP contribution in [0.15, 0.2) is 6.07 Å². The van der Waals surface area contributed by atoms with Crippen LogP contribution in [0.3, 0.4) is 0 Å². The van der Waals surface area contributed by atoms with Gasteiger partial charge in [0, 0.05) is 6.16 Å². The predicted octanol–water partition coefficient (Wildman–Crippen LogP) is 3.97. The quantitative estimate of drug-likeness (QED) is 0.672. The van der Waals surface area contributed by atoms with Crippen LogP contribution in [0.2, 0.25) is 15.2 Å². The minimum Gasteiger partial charge on any atom is -0.434 e. The van der Waals surface area contributed by atoms with E-state index in [0.29, 0.717) is 11.2 Å². The molecule has 90 valence electrons. The highest BCUT2D eigenvalue weighted by Crippen LogP contribution is 2.44. The van der Waals surface area contributed by atoms with E-state index < -0.39 is 6.42 Å². The first kappa shape index (κ1) is 14.5. The van der Waals surface area contributed by atoms with E-state index >= 15 is 0 Å². The SMILES string of the molecule is CCP(=S)(NC)Oc1nc(Cl)c(Cl)cc1Cl. The highest BCUT2D eigenvalue weighted by atomic mass is 35.5. The molecule has 0 aliphatic heterocycles. The molecular formula is C8H10Cl3N2OPS. The van der Waals surface area contributed by atoms with Gasteiger partial charge < -0.3 is 4.52 Å². The van der Waals surface area contributed by atoms with Gasteiger partial charge in [0.1, 0.15) is 5.02 Å². The van der Waals surface area contributed by atoms with Gasteiger partial charge in [0.2, 0.25) is 5.88 Å². The van der Waals surface area contributed by atoms with Crippen LogP contribution in [0.1, 0.15) is 6.92 Å². The lowest BCUT2D eigenvalue weighted by Gasteiger charge is -2.20. The number of hydrogen-bond donors (Lipinski definition) is 1. The minimum absolute atomic E-state index is 0.148. The average Bonchev–Trinajstić information content (AvgIpc) is 2.25. The van der Waals surface area contributed by atoms with Gasteiger partial charge in [0.05, 0.1) is 5.02 Å². The van der Waals surface area contributed by atoms with Gasteiger partial charge in [-0.15, -0.1) is 0 Å². The molecule has 0 radical (unpaired) electrons. The van der Waals surface area contributed by atoms with Crippen LogP contribution in [0.4, 0.5) is 0 Å². The average molecular weight is 320 g/mol. The molecule has 1 aromatic heterocycles. The van der Waals surface area contributed by atoms with Crippen LogP contribution in [-0.4, -0.2) is 18.2 Å². The standard InChI is InChI=1S/C8H10Cl3N2OPS/c1-3-15(16,12-2)14-8-6(10)4-5(9)7(11)13-8/h4H,3H2,1-2H3,(H,12,16). The van der Waals surface area contributed by atoms with Crippen molar-refractivity contribution in [3.8, 4) is 5.88 Å². The van der Waals surface area contributed by atoms with Crippen LogP contribution in [-0.2, 0) is 11.8 Å². The van der Waals surface area contributed by atoms with Crippen molar-refractivity contribution in [3.63, 3.8) is 0 Å². The fourth-order valence-corrected chi connectivity index (χ4v) is 2.65. The van der Waals surface area contributed by atoms with E-state index in [2.05, 4.69) is 10.1 Å². The Hall–Kier alpha value is 0.430. The van der Waals surface area contributed by atoms with Crippen molar-refractivity contribution < 1.29 is 4.52 Å². The molecular weight excluding hydrogens is 310 g/mol. The molecule has 3 nitrogen and oxygen atoms in total. The monoisotopic (exact) mass is 318 g/mol. The fourth-order valence-electron chi connectivity index (χ4n) is 0.901. The van der Waals surface area contributed by atoms with Crippen molar-refractivity contribution in [1.29, 1.82) is 0 Å². The molecule has 1 rings (SSSR count). The first-order valence-corrected chi connectivity index (χ1v) is 8.45. The number of nitrogens with one attached hydrogen (secondary N) is 1. The molecule has 1 unspecified atom stereocenters. The molecule has 0 aromatic carbocycles. The normalized spacial score (nSPS) is 14.6. The number of hydrogen-bond acceptors (Lipinski definition) is 3. The second kappa shape index (κ2) is 5.85. The van der Waals surface area contributed by atoms with Crippen molar-refractivity contribution in [2.75, 3.05) is 13.2 Å². The lowest BCUT2D eigenvalue weighted by atomic mass is 10.5. The molecule has 1 N–H and O–H groups in total. The third-order valence-electron chi connectivity index (χ3n) is 1.85. The maximum absolute atomic E-state index is 5.93. The van der Waals surface area contributed by atoms with E-state index in [0.717, 1.165) is 0 Å². The molecule has 0 fully saturated rings. The van der Waals surface area contributed by atoms with Gasteiger partial charge in [-0.2, -0.15) is 4.98 Å². The second-order valence-corrected chi connectivity index (χ2v) is 8.40. The molecule has 1 heterocycles. The lowest BCUT2D eigenvalue weighted by molar-refractivity contribution is 0.577. The smallest absolute Gasteiger partial charge is 0.238 e. The molecule has 0 amide bonds. The molecule has 0 spiro atoms. The molecule has 0 aliphatic carbocycles. The second-order valence-electron chi connectivity index (χ2n) is 2.85. The van der Waals surface area contributed by atoms with Crippen molar-refractivity contribution in [1.82, 2.24) is 10.1 Å². The summed E-state index contributed by atoms with van der Waals surface area (Å²) in [4.78, 5) is 3.95. The third kappa shape index (κ3) is 3.46. The number of pyridine rings is 1. The predicted molar refractivity (Wildman–Crippen MR) is 73.8 cm³/mol. The van der Waals surface area contributed by atoms with E-state index in [1.807, 2.05) is 6.92 Å². The van der Waals surface area contributed by atoms with Crippen LogP contribution < -0.4 is 9.61 Å². The molecule has 0 saturated carbocycles. The van der Waals surface area contributed by atoms with E-state index in [9.17, 15) is 0 Å². The summed E-state index contributed by atoms with van der Waals surface area (Å²) < 4.78 is 5.60. The third-order valence-corrected chi connectivity index (χ3v) is 6.32. The molecule has 0 saturated heterocycles. The van der Waals surface area contributed by atoms with Crippen molar-refractivity contribution in [3.05, 3.63) is 21.3 Å². The summed E-state index contributed by atoms with van der Waals surface area (Å²) in [7, 11) is 1.75. The van der Waals surface area contributed by atoms with Gasteiger partial charge in [-0.05, 0) is 24.9 Å². The van der Waals surface area contributed by atoms with Crippen LogP contribution in [0, 0.1) is 0 Å². The summed E-state index contributed by atoms with van der Waals surface area (Å²) in [5.74, 6) is 0.218. The van der Waals surface area contributed by atoms with Crippen LogP contribution in [0.5, 0.6) is 5.88 Å². The Morgan fingerprint density at radius 1 is 1.44 bits per heavy atom. The first-order chi connectivity index (χ1) is 7.41. The van der Waals surface area contributed by atoms with Crippen LogP contribution in [0.25, 0.3) is 0 Å². The highest BCUT2D eigenvalue weighted by Gasteiger charge is 2.18. The van der Waals surface area contributed by atoms with E-state index in [1.54, 1.807) is 7.05 Å². The van der Waals surface area contributed by atoms with Crippen LogP contribution >= 0.6 is 41.2 Å². The zero-order valence-electron chi connectivity index (χ0n) is 8.63. The maximum Gasteiger partial charge on any atom is 0.238 e. The molecule has 1 atom stereocenters. The number of aromatic nitrogens is 1. The summed E-state index contributed by atoms with van der Waals surface area (Å²) >= 11 is 22.8. The number of nitrogens with zero attached hydrogens (tertiary/aromatic N) is 1. The summed E-state index contributed by atoms with van der Waals surface area (Å²) in [5, 5.41) is 3.70. The summed E-state index contributed by atoms with van der Waals surface area (Å²) in [6.07, 6.45) is -1.45. The van der Waals surface area contributed by atoms with Crippen molar-refractivity contribution >= 4 is 53.0 Å². The Kier molecular flexibility index (Phi) is 5.30. The topological polar surface area (TPSA) is 34.1 Å². The van der Waals surface area contributed by atoms with Crippen molar-refractivity contribution in [2.24, 2.45) is 0 Å². The number of rotatable bonds is 4. The minimum atomic E-state index is -2.13. The number of halogens is 3. The molecule has 16 heavy (non-hydrogen) atoms. The Labute approximate surface area is 115 Å². The van der Waals surface area contributed by atoms with Crippen molar-refractivity contribution in [2.45, 2.75) is 6.92 Å². The molecule has 0 aliphatic rings.